The summed E-state index contributed by atoms with van der Waals surface area (Å²) in [6.45, 7) is 0. The van der Waals surface area contributed by atoms with Gasteiger partial charge in [0.15, 0.2) is 0 Å². The summed E-state index contributed by atoms with van der Waals surface area (Å²) in [4.78, 5) is 3.96. The zero-order chi connectivity index (χ0) is 21.8. The first-order valence-corrected chi connectivity index (χ1v) is 6.44. The lowest BCUT2D eigenvalue weighted by atomic mass is 10.3. The molecule has 8 N–H and O–H groups in total. The number of aromatic nitrogens is 2. The van der Waals surface area contributed by atoms with Crippen molar-refractivity contribution in [2.75, 3.05) is 0 Å². The van der Waals surface area contributed by atoms with Gasteiger partial charge in [-0.1, -0.05) is 18.2 Å². The van der Waals surface area contributed by atoms with Crippen molar-refractivity contribution in [1.29, 1.82) is 0 Å². The zero-order valence-corrected chi connectivity index (χ0v) is 13.4. The van der Waals surface area contributed by atoms with E-state index in [1.54, 1.807) is 12.5 Å². The molecule has 0 saturated carbocycles. The molecule has 0 amide bonds. The smallest absolute Gasteiger partial charge is 0.398 e. The van der Waals surface area contributed by atoms with Gasteiger partial charge in [0.2, 0.25) is 0 Å². The van der Waals surface area contributed by atoms with Crippen LogP contribution in [0.4, 0.5) is 17.3 Å². The lowest BCUT2D eigenvalue weighted by Crippen LogP contribution is -1.98. The van der Waals surface area contributed by atoms with Crippen molar-refractivity contribution in [3.05, 3.63) is 49.1 Å². The molecule has 0 spiro atoms. The van der Waals surface area contributed by atoms with Gasteiger partial charge >= 0.3 is 29.6 Å². The summed E-state index contributed by atoms with van der Waals surface area (Å²) < 4.78 is 42.4. The first kappa shape index (κ1) is 29.8. The van der Waals surface area contributed by atoms with E-state index in [2.05, 4.69) is 4.98 Å². The molecule has 0 aliphatic rings. The molecule has 0 aliphatic carbocycles. The van der Waals surface area contributed by atoms with Gasteiger partial charge in [-0.25, -0.2) is 4.98 Å². The molecule has 2 rings (SSSR count). The molecule has 2 aromatic rings. The topological polar surface area (TPSA) is 180 Å². The predicted molar refractivity (Wildman–Crippen MR) is 88.8 cm³/mol. The van der Waals surface area contributed by atoms with Crippen molar-refractivity contribution < 1.29 is 57.5 Å². The fraction of sp³-hybridized carbons (Fsp3) is 0. The molecular formula is C9H16B4F4N2O8. The Morgan fingerprint density at radius 1 is 0.667 bits per heavy atom. The van der Waals surface area contributed by atoms with Crippen molar-refractivity contribution in [3.8, 4) is 5.69 Å². The molecule has 150 valence electrons. The number of nitrogens with zero attached hydrogens (tertiary/aromatic N) is 2. The highest BCUT2D eigenvalue weighted by Crippen LogP contribution is 2.04. The standard InChI is InChI=1S/C9H8N2.4BFH2O2/c1-2-4-9(5-3-1)11-7-6-10-8-11;4*2-1(3)4/h1-8H;4*3-4H. The number of hydrogen-bond donors (Lipinski definition) is 8. The van der Waals surface area contributed by atoms with E-state index in [4.69, 9.17) is 40.2 Å². The average Bonchev–Trinajstić information content (AvgIpc) is 3.00. The Morgan fingerprint density at radius 3 is 1.26 bits per heavy atom. The Balaban J connectivity index is -0.000000305. The molecule has 0 unspecified atom stereocenters. The minimum absolute atomic E-state index is 1.14. The van der Waals surface area contributed by atoms with Gasteiger partial charge in [-0.05, 0) is 12.1 Å². The molecule has 0 fully saturated rings. The molecule has 0 aliphatic heterocycles. The Hall–Kier alpha value is -1.91. The molecule has 0 saturated heterocycles. The fourth-order valence-corrected chi connectivity index (χ4v) is 1.01. The summed E-state index contributed by atoms with van der Waals surface area (Å²) >= 11 is 0. The van der Waals surface area contributed by atoms with Crippen LogP contribution in [0.5, 0.6) is 0 Å². The second-order valence-electron chi connectivity index (χ2n) is 3.55. The van der Waals surface area contributed by atoms with Crippen LogP contribution in [0.2, 0.25) is 0 Å². The van der Waals surface area contributed by atoms with E-state index in [1.807, 2.05) is 41.1 Å². The van der Waals surface area contributed by atoms with Gasteiger partial charge in [-0.15, -0.1) is 0 Å². The van der Waals surface area contributed by atoms with Crippen LogP contribution < -0.4 is 0 Å². The van der Waals surface area contributed by atoms with Crippen LogP contribution in [-0.2, 0) is 0 Å². The van der Waals surface area contributed by atoms with E-state index < -0.39 is 29.6 Å². The van der Waals surface area contributed by atoms with Crippen LogP contribution in [0, 0.1) is 0 Å². The maximum Gasteiger partial charge on any atom is 0.674 e. The molecule has 18 heteroatoms. The highest BCUT2D eigenvalue weighted by Gasteiger charge is 1.98. The van der Waals surface area contributed by atoms with Gasteiger partial charge in [0.25, 0.3) is 0 Å². The quantitative estimate of drug-likeness (QED) is 0.191. The molecule has 1 heterocycles. The summed E-state index contributed by atoms with van der Waals surface area (Å²) in [5.41, 5.74) is 1.14. The van der Waals surface area contributed by atoms with Crippen molar-refractivity contribution >= 4 is 29.6 Å². The third-order valence-electron chi connectivity index (χ3n) is 1.56. The lowest BCUT2D eigenvalue weighted by Gasteiger charge is -1.98. The molecular weight excluding hydrogens is 383 g/mol. The second-order valence-corrected chi connectivity index (χ2v) is 3.55. The van der Waals surface area contributed by atoms with Gasteiger partial charge in [0, 0.05) is 18.1 Å². The van der Waals surface area contributed by atoms with Crippen LogP contribution in [0.1, 0.15) is 0 Å². The summed E-state index contributed by atoms with van der Waals surface area (Å²) in [6.07, 6.45) is 5.48. The van der Waals surface area contributed by atoms with E-state index in [9.17, 15) is 17.3 Å². The first-order chi connectivity index (χ1) is 12.4. The summed E-state index contributed by atoms with van der Waals surface area (Å²) in [7, 11) is -10.7. The maximum absolute atomic E-state index is 10.1. The van der Waals surface area contributed by atoms with E-state index in [-0.39, 0.29) is 0 Å². The van der Waals surface area contributed by atoms with Crippen LogP contribution in [0.3, 0.4) is 0 Å². The zero-order valence-electron chi connectivity index (χ0n) is 13.4. The van der Waals surface area contributed by atoms with E-state index in [0.717, 1.165) is 5.69 Å². The molecule has 1 aromatic heterocycles. The Labute approximate surface area is 152 Å². The monoisotopic (exact) mass is 400 g/mol. The Kier molecular flexibility index (Phi) is 22.5. The van der Waals surface area contributed by atoms with Crippen LogP contribution >= 0.6 is 0 Å². The SMILES string of the molecule is OB(O)F.OB(O)F.OB(O)F.OB(O)F.c1ccc(-n2ccnc2)cc1. The van der Waals surface area contributed by atoms with Gasteiger partial charge in [0.1, 0.15) is 0 Å². The van der Waals surface area contributed by atoms with E-state index in [1.165, 1.54) is 0 Å². The number of halogens is 4. The molecule has 0 atom stereocenters. The summed E-state index contributed by atoms with van der Waals surface area (Å²) in [6, 6.07) is 10.1. The number of rotatable bonds is 1. The number of para-hydroxylation sites is 1. The van der Waals surface area contributed by atoms with Crippen molar-refractivity contribution in [3.63, 3.8) is 0 Å². The van der Waals surface area contributed by atoms with Gasteiger partial charge in [0.05, 0.1) is 6.33 Å². The van der Waals surface area contributed by atoms with E-state index >= 15 is 0 Å². The highest BCUT2D eigenvalue weighted by molar-refractivity contribution is 6.32. The molecule has 1 aromatic carbocycles. The van der Waals surface area contributed by atoms with Gasteiger partial charge < -0.3 is 44.8 Å². The van der Waals surface area contributed by atoms with Gasteiger partial charge in [-0.3, -0.25) is 17.3 Å². The van der Waals surface area contributed by atoms with Crippen molar-refractivity contribution in [1.82, 2.24) is 9.55 Å². The van der Waals surface area contributed by atoms with Crippen molar-refractivity contribution in [2.24, 2.45) is 0 Å². The molecule has 27 heavy (non-hydrogen) atoms. The normalized spacial score (nSPS) is 8.00. The van der Waals surface area contributed by atoms with Crippen LogP contribution in [0.15, 0.2) is 49.1 Å². The summed E-state index contributed by atoms with van der Waals surface area (Å²) in [5, 5.41) is 55.6. The molecule has 10 nitrogen and oxygen atoms in total. The third-order valence-corrected chi connectivity index (χ3v) is 1.56. The minimum Gasteiger partial charge on any atom is -0.398 e. The predicted octanol–water partition coefficient (Wildman–Crippen LogP) is -2.43. The van der Waals surface area contributed by atoms with Crippen LogP contribution in [0.25, 0.3) is 5.69 Å². The molecule has 0 radical (unpaired) electrons. The maximum atomic E-state index is 10.1. The third kappa shape index (κ3) is 40.2. The Morgan fingerprint density at radius 2 is 1.00 bits per heavy atom. The van der Waals surface area contributed by atoms with E-state index in [0.29, 0.717) is 0 Å². The van der Waals surface area contributed by atoms with Crippen molar-refractivity contribution in [2.45, 2.75) is 0 Å². The highest BCUT2D eigenvalue weighted by atomic mass is 19.1. The van der Waals surface area contributed by atoms with Gasteiger partial charge in [-0.2, -0.15) is 0 Å². The fourth-order valence-electron chi connectivity index (χ4n) is 1.01. The first-order valence-electron chi connectivity index (χ1n) is 6.44. The Bertz CT molecular complexity index is 481. The average molecular weight is 399 g/mol. The number of hydrogen-bond acceptors (Lipinski definition) is 9. The largest absolute Gasteiger partial charge is 0.674 e. The molecule has 0 bridgehead atoms. The lowest BCUT2D eigenvalue weighted by molar-refractivity contribution is 0.338. The second kappa shape index (κ2) is 20.4. The van der Waals surface area contributed by atoms with Crippen LogP contribution in [-0.4, -0.2) is 79.3 Å². The number of benzene rings is 1. The summed E-state index contributed by atoms with van der Waals surface area (Å²) in [5.74, 6) is 0. The number of imidazole rings is 1. The minimum atomic E-state index is -2.67.